The maximum Gasteiger partial charge on any atom is 0.110 e. The van der Waals surface area contributed by atoms with E-state index in [9.17, 15) is 0 Å². The first-order valence-electron chi connectivity index (χ1n) is 5.08. The lowest BCUT2D eigenvalue weighted by Gasteiger charge is -2.09. The van der Waals surface area contributed by atoms with Crippen LogP contribution < -0.4 is 5.73 Å². The van der Waals surface area contributed by atoms with Crippen LogP contribution in [0.2, 0.25) is 5.02 Å². The molecule has 16 heavy (non-hydrogen) atoms. The van der Waals surface area contributed by atoms with E-state index in [0.29, 0.717) is 10.7 Å². The van der Waals surface area contributed by atoms with Gasteiger partial charge in [0, 0.05) is 11.4 Å². The molecule has 0 saturated heterocycles. The Morgan fingerprint density at radius 1 is 1.25 bits per heavy atom. The first-order valence-corrected chi connectivity index (χ1v) is 5.46. The third kappa shape index (κ3) is 1.67. The number of aryl methyl sites for hydroxylation is 2. The van der Waals surface area contributed by atoms with Crippen molar-refractivity contribution in [2.24, 2.45) is 0 Å². The molecular formula is C12H14ClN3. The number of aromatic nitrogens is 2. The Kier molecular flexibility index (Phi) is 2.64. The van der Waals surface area contributed by atoms with Gasteiger partial charge in [0.25, 0.3) is 0 Å². The molecule has 0 atom stereocenters. The van der Waals surface area contributed by atoms with Gasteiger partial charge in [-0.15, -0.1) is 0 Å². The number of nitrogens with two attached hydrogens (primary N) is 1. The molecular weight excluding hydrogens is 222 g/mol. The fraction of sp³-hybridized carbons (Fsp3) is 0.250. The van der Waals surface area contributed by atoms with Crippen LogP contribution in [0.5, 0.6) is 0 Å². The lowest BCUT2D eigenvalue weighted by atomic mass is 10.2. The molecule has 0 saturated carbocycles. The van der Waals surface area contributed by atoms with E-state index >= 15 is 0 Å². The van der Waals surface area contributed by atoms with Crippen LogP contribution in [0.15, 0.2) is 18.2 Å². The van der Waals surface area contributed by atoms with Crippen LogP contribution in [-0.4, -0.2) is 9.55 Å². The zero-order valence-corrected chi connectivity index (χ0v) is 10.3. The number of rotatable bonds is 1. The van der Waals surface area contributed by atoms with Crippen LogP contribution >= 0.6 is 11.6 Å². The van der Waals surface area contributed by atoms with Crippen molar-refractivity contribution in [3.05, 3.63) is 40.4 Å². The van der Waals surface area contributed by atoms with Gasteiger partial charge in [0.2, 0.25) is 0 Å². The van der Waals surface area contributed by atoms with Crippen molar-refractivity contribution in [1.82, 2.24) is 9.55 Å². The molecule has 0 spiro atoms. The number of halogens is 1. The fourth-order valence-electron chi connectivity index (χ4n) is 1.83. The minimum atomic E-state index is 0.580. The van der Waals surface area contributed by atoms with Gasteiger partial charge in [-0.3, -0.25) is 0 Å². The van der Waals surface area contributed by atoms with E-state index in [2.05, 4.69) is 9.55 Å². The van der Waals surface area contributed by atoms with Crippen molar-refractivity contribution < 1.29 is 0 Å². The zero-order valence-electron chi connectivity index (χ0n) is 9.58. The molecule has 0 fully saturated rings. The standard InChI is InChI=1S/C12H14ClN3/c1-7-8(2)16(9(3)15-7)10-4-5-11(13)12(14)6-10/h4-6H,14H2,1-3H3. The second kappa shape index (κ2) is 3.83. The Morgan fingerprint density at radius 3 is 2.44 bits per heavy atom. The molecule has 2 aromatic rings. The topological polar surface area (TPSA) is 43.8 Å². The van der Waals surface area contributed by atoms with Gasteiger partial charge in [-0.25, -0.2) is 4.98 Å². The largest absolute Gasteiger partial charge is 0.397 e. The van der Waals surface area contributed by atoms with Crippen molar-refractivity contribution in [2.45, 2.75) is 20.8 Å². The van der Waals surface area contributed by atoms with E-state index in [0.717, 1.165) is 22.9 Å². The van der Waals surface area contributed by atoms with E-state index in [1.165, 1.54) is 0 Å². The Hall–Kier alpha value is -1.48. The molecule has 0 aliphatic heterocycles. The van der Waals surface area contributed by atoms with Crippen molar-refractivity contribution in [3.8, 4) is 5.69 Å². The Labute approximate surface area is 99.9 Å². The van der Waals surface area contributed by atoms with Crippen LogP contribution in [0.25, 0.3) is 5.69 Å². The summed E-state index contributed by atoms with van der Waals surface area (Å²) in [5.41, 5.74) is 9.54. The molecule has 0 radical (unpaired) electrons. The van der Waals surface area contributed by atoms with Gasteiger partial charge in [-0.1, -0.05) is 11.6 Å². The van der Waals surface area contributed by atoms with E-state index < -0.39 is 0 Å². The maximum atomic E-state index is 5.90. The highest BCUT2D eigenvalue weighted by Crippen LogP contribution is 2.24. The number of anilines is 1. The van der Waals surface area contributed by atoms with Gasteiger partial charge < -0.3 is 10.3 Å². The summed E-state index contributed by atoms with van der Waals surface area (Å²) in [5.74, 6) is 0.955. The SMILES string of the molecule is Cc1nc(C)n(-c2ccc(Cl)c(N)c2)c1C. The Balaban J connectivity index is 2.63. The van der Waals surface area contributed by atoms with Crippen LogP contribution in [0, 0.1) is 20.8 Å². The van der Waals surface area contributed by atoms with Gasteiger partial charge in [0.05, 0.1) is 16.4 Å². The molecule has 2 N–H and O–H groups in total. The predicted molar refractivity (Wildman–Crippen MR) is 67.2 cm³/mol. The fourth-order valence-corrected chi connectivity index (χ4v) is 1.95. The Morgan fingerprint density at radius 2 is 1.94 bits per heavy atom. The average Bonchev–Trinajstić information content (AvgIpc) is 2.47. The van der Waals surface area contributed by atoms with Gasteiger partial charge in [-0.05, 0) is 39.0 Å². The third-order valence-electron chi connectivity index (χ3n) is 2.75. The highest BCUT2D eigenvalue weighted by molar-refractivity contribution is 6.33. The van der Waals surface area contributed by atoms with Gasteiger partial charge in [-0.2, -0.15) is 0 Å². The van der Waals surface area contributed by atoms with Gasteiger partial charge in [0.1, 0.15) is 5.82 Å². The van der Waals surface area contributed by atoms with Crippen LogP contribution in [-0.2, 0) is 0 Å². The second-order valence-electron chi connectivity index (χ2n) is 3.87. The summed E-state index contributed by atoms with van der Waals surface area (Å²) >= 11 is 5.90. The first kappa shape index (κ1) is 11.0. The molecule has 0 unspecified atom stereocenters. The number of nitrogens with zero attached hydrogens (tertiary/aromatic N) is 2. The molecule has 1 aromatic heterocycles. The average molecular weight is 236 g/mol. The van der Waals surface area contributed by atoms with Crippen molar-refractivity contribution >= 4 is 17.3 Å². The van der Waals surface area contributed by atoms with Gasteiger partial charge >= 0.3 is 0 Å². The lowest BCUT2D eigenvalue weighted by molar-refractivity contribution is 0.941. The lowest BCUT2D eigenvalue weighted by Crippen LogP contribution is -2.00. The monoisotopic (exact) mass is 235 g/mol. The van der Waals surface area contributed by atoms with Crippen LogP contribution in [0.4, 0.5) is 5.69 Å². The quantitative estimate of drug-likeness (QED) is 0.773. The maximum absolute atomic E-state index is 5.90. The molecule has 4 heteroatoms. The zero-order chi connectivity index (χ0) is 11.9. The van der Waals surface area contributed by atoms with Crippen molar-refractivity contribution in [3.63, 3.8) is 0 Å². The minimum Gasteiger partial charge on any atom is -0.397 e. The third-order valence-corrected chi connectivity index (χ3v) is 3.09. The van der Waals surface area contributed by atoms with Crippen LogP contribution in [0.3, 0.4) is 0 Å². The molecule has 0 bridgehead atoms. The normalized spacial score (nSPS) is 10.8. The molecule has 0 aliphatic carbocycles. The second-order valence-corrected chi connectivity index (χ2v) is 4.28. The summed E-state index contributed by atoms with van der Waals surface area (Å²) in [5, 5.41) is 0.580. The summed E-state index contributed by atoms with van der Waals surface area (Å²) in [7, 11) is 0. The summed E-state index contributed by atoms with van der Waals surface area (Å²) < 4.78 is 2.07. The molecule has 0 aliphatic rings. The highest BCUT2D eigenvalue weighted by Gasteiger charge is 2.09. The molecule has 2 rings (SSSR count). The number of nitrogen functional groups attached to an aromatic ring is 1. The highest BCUT2D eigenvalue weighted by atomic mass is 35.5. The molecule has 3 nitrogen and oxygen atoms in total. The number of imidazole rings is 1. The van der Waals surface area contributed by atoms with Gasteiger partial charge in [0.15, 0.2) is 0 Å². The predicted octanol–water partition coefficient (Wildman–Crippen LogP) is 3.03. The Bertz CT molecular complexity index is 543. The van der Waals surface area contributed by atoms with E-state index in [1.807, 2.05) is 32.9 Å². The first-order chi connectivity index (χ1) is 7.50. The van der Waals surface area contributed by atoms with Crippen LogP contribution in [0.1, 0.15) is 17.2 Å². The molecule has 0 amide bonds. The number of benzene rings is 1. The molecule has 1 aromatic carbocycles. The summed E-state index contributed by atoms with van der Waals surface area (Å²) in [6.07, 6.45) is 0. The molecule has 84 valence electrons. The van der Waals surface area contributed by atoms with Crippen molar-refractivity contribution in [2.75, 3.05) is 5.73 Å². The van der Waals surface area contributed by atoms with E-state index in [1.54, 1.807) is 6.07 Å². The minimum absolute atomic E-state index is 0.580. The summed E-state index contributed by atoms with van der Waals surface area (Å²) in [6.45, 7) is 6.02. The van der Waals surface area contributed by atoms with E-state index in [-0.39, 0.29) is 0 Å². The summed E-state index contributed by atoms with van der Waals surface area (Å²) in [6, 6.07) is 5.61. The summed E-state index contributed by atoms with van der Waals surface area (Å²) in [4.78, 5) is 4.43. The van der Waals surface area contributed by atoms with E-state index in [4.69, 9.17) is 17.3 Å². The smallest absolute Gasteiger partial charge is 0.110 e. The number of hydrogen-bond acceptors (Lipinski definition) is 2. The number of hydrogen-bond donors (Lipinski definition) is 1. The van der Waals surface area contributed by atoms with Crippen molar-refractivity contribution in [1.29, 1.82) is 0 Å². The molecule has 1 heterocycles.